The second kappa shape index (κ2) is 6.80. The Labute approximate surface area is 151 Å². The van der Waals surface area contributed by atoms with Gasteiger partial charge in [-0.2, -0.15) is 0 Å². The average molecular weight is 362 g/mol. The van der Waals surface area contributed by atoms with Gasteiger partial charge in [0.1, 0.15) is 6.04 Å². The molecule has 134 valence electrons. The lowest BCUT2D eigenvalue weighted by Crippen LogP contribution is -2.50. The molecule has 7 heteroatoms. The molecule has 3 rings (SSSR count). The van der Waals surface area contributed by atoms with Crippen LogP contribution in [-0.4, -0.2) is 50.5 Å². The van der Waals surface area contributed by atoms with Crippen molar-refractivity contribution in [3.63, 3.8) is 0 Å². The SMILES string of the molecule is CC1(C)SC(CN2C(=O)CCC(c3ccccc3)C2=O)N[C@H]1C(=O)O. The Morgan fingerprint density at radius 3 is 2.60 bits per heavy atom. The number of nitrogens with one attached hydrogen (secondary N) is 1. The van der Waals surface area contributed by atoms with E-state index in [1.54, 1.807) is 0 Å². The van der Waals surface area contributed by atoms with Gasteiger partial charge >= 0.3 is 5.97 Å². The first-order chi connectivity index (χ1) is 11.8. The summed E-state index contributed by atoms with van der Waals surface area (Å²) in [5, 5.41) is 12.1. The van der Waals surface area contributed by atoms with Crippen LogP contribution in [-0.2, 0) is 14.4 Å². The van der Waals surface area contributed by atoms with E-state index in [4.69, 9.17) is 0 Å². The molecule has 6 nitrogen and oxygen atoms in total. The standard InChI is InChI=1S/C18H22N2O4S/c1-18(2)15(17(23)24)19-13(25-18)10-20-14(21)9-8-12(16(20)22)11-6-4-3-5-7-11/h3-7,12-13,15,19H,8-10H2,1-2H3,(H,23,24)/t12?,13?,15-/m0/s1. The molecule has 2 heterocycles. The molecule has 2 saturated heterocycles. The molecule has 25 heavy (non-hydrogen) atoms. The topological polar surface area (TPSA) is 86.7 Å². The molecule has 2 unspecified atom stereocenters. The molecule has 2 fully saturated rings. The molecule has 1 aromatic carbocycles. The van der Waals surface area contributed by atoms with E-state index < -0.39 is 16.8 Å². The van der Waals surface area contributed by atoms with Gasteiger partial charge in [0.25, 0.3) is 0 Å². The van der Waals surface area contributed by atoms with E-state index >= 15 is 0 Å². The third kappa shape index (κ3) is 3.57. The van der Waals surface area contributed by atoms with Gasteiger partial charge in [0.15, 0.2) is 0 Å². The molecule has 0 aliphatic carbocycles. The Hall–Kier alpha value is -1.86. The van der Waals surface area contributed by atoms with E-state index in [1.807, 2.05) is 44.2 Å². The number of rotatable bonds is 4. The summed E-state index contributed by atoms with van der Waals surface area (Å²) in [5.41, 5.74) is 0.917. The van der Waals surface area contributed by atoms with Gasteiger partial charge in [-0.15, -0.1) is 11.8 Å². The minimum Gasteiger partial charge on any atom is -0.480 e. The van der Waals surface area contributed by atoms with Crippen LogP contribution in [0.25, 0.3) is 0 Å². The van der Waals surface area contributed by atoms with Crippen molar-refractivity contribution in [2.75, 3.05) is 6.54 Å². The van der Waals surface area contributed by atoms with Crippen LogP contribution in [0.3, 0.4) is 0 Å². The largest absolute Gasteiger partial charge is 0.480 e. The van der Waals surface area contributed by atoms with Crippen molar-refractivity contribution in [2.24, 2.45) is 0 Å². The van der Waals surface area contributed by atoms with E-state index in [2.05, 4.69) is 5.32 Å². The van der Waals surface area contributed by atoms with Crippen LogP contribution in [0.4, 0.5) is 0 Å². The summed E-state index contributed by atoms with van der Waals surface area (Å²) in [6, 6.07) is 8.77. The summed E-state index contributed by atoms with van der Waals surface area (Å²) in [5.74, 6) is -1.61. The van der Waals surface area contributed by atoms with Crippen molar-refractivity contribution in [3.8, 4) is 0 Å². The first-order valence-corrected chi connectivity index (χ1v) is 9.23. The highest BCUT2D eigenvalue weighted by Gasteiger charge is 2.47. The normalized spacial score (nSPS) is 29.0. The number of nitrogens with zero attached hydrogens (tertiary/aromatic N) is 1. The lowest BCUT2D eigenvalue weighted by molar-refractivity contribution is -0.149. The molecule has 0 spiro atoms. The Morgan fingerprint density at radius 1 is 1.32 bits per heavy atom. The highest BCUT2D eigenvalue weighted by atomic mass is 32.2. The van der Waals surface area contributed by atoms with Crippen LogP contribution in [0.2, 0.25) is 0 Å². The van der Waals surface area contributed by atoms with E-state index in [0.29, 0.717) is 12.8 Å². The Morgan fingerprint density at radius 2 is 2.00 bits per heavy atom. The summed E-state index contributed by atoms with van der Waals surface area (Å²) < 4.78 is -0.503. The summed E-state index contributed by atoms with van der Waals surface area (Å²) in [6.07, 6.45) is 0.848. The molecule has 2 aliphatic heterocycles. The smallest absolute Gasteiger partial charge is 0.322 e. The molecule has 0 aromatic heterocycles. The molecule has 0 bridgehead atoms. The molecule has 0 radical (unpaired) electrons. The maximum atomic E-state index is 12.9. The van der Waals surface area contributed by atoms with Gasteiger partial charge in [0.05, 0.1) is 17.8 Å². The molecule has 3 atom stereocenters. The zero-order chi connectivity index (χ0) is 18.2. The minimum absolute atomic E-state index is 0.184. The molecule has 2 N–H and O–H groups in total. The van der Waals surface area contributed by atoms with Crippen molar-refractivity contribution < 1.29 is 19.5 Å². The van der Waals surface area contributed by atoms with Crippen LogP contribution in [0.15, 0.2) is 30.3 Å². The fourth-order valence-corrected chi connectivity index (χ4v) is 4.97. The van der Waals surface area contributed by atoms with Gasteiger partial charge < -0.3 is 5.11 Å². The Kier molecular flexibility index (Phi) is 4.88. The first kappa shape index (κ1) is 17.9. The summed E-state index contributed by atoms with van der Waals surface area (Å²) in [7, 11) is 0. The number of hydrogen-bond donors (Lipinski definition) is 2. The zero-order valence-electron chi connectivity index (χ0n) is 14.3. The first-order valence-electron chi connectivity index (χ1n) is 8.35. The van der Waals surface area contributed by atoms with Crippen molar-refractivity contribution in [2.45, 2.75) is 48.8 Å². The van der Waals surface area contributed by atoms with E-state index in [-0.39, 0.29) is 29.7 Å². The highest BCUT2D eigenvalue weighted by molar-refractivity contribution is 8.01. The number of carbonyl (C=O) groups is 3. The average Bonchev–Trinajstić information content (AvgIpc) is 2.87. The van der Waals surface area contributed by atoms with Gasteiger partial charge in [0, 0.05) is 11.2 Å². The molecule has 2 amide bonds. The lowest BCUT2D eigenvalue weighted by atomic mass is 9.89. The number of benzene rings is 1. The number of imide groups is 1. The van der Waals surface area contributed by atoms with Gasteiger partial charge in [-0.3, -0.25) is 24.6 Å². The maximum Gasteiger partial charge on any atom is 0.322 e. The number of amides is 2. The highest BCUT2D eigenvalue weighted by Crippen LogP contribution is 2.39. The van der Waals surface area contributed by atoms with Crippen molar-refractivity contribution in [3.05, 3.63) is 35.9 Å². The van der Waals surface area contributed by atoms with Crippen LogP contribution in [0.1, 0.15) is 38.2 Å². The fraction of sp³-hybridized carbons (Fsp3) is 0.500. The van der Waals surface area contributed by atoms with Crippen molar-refractivity contribution in [1.82, 2.24) is 10.2 Å². The van der Waals surface area contributed by atoms with Gasteiger partial charge in [-0.25, -0.2) is 0 Å². The Bertz CT molecular complexity index is 692. The number of aliphatic carboxylic acids is 1. The molecule has 0 saturated carbocycles. The van der Waals surface area contributed by atoms with Crippen LogP contribution in [0.5, 0.6) is 0 Å². The Balaban J connectivity index is 1.74. The monoisotopic (exact) mass is 362 g/mol. The van der Waals surface area contributed by atoms with Crippen molar-refractivity contribution >= 4 is 29.5 Å². The van der Waals surface area contributed by atoms with Gasteiger partial charge in [0.2, 0.25) is 11.8 Å². The molecular weight excluding hydrogens is 340 g/mol. The predicted molar refractivity (Wildman–Crippen MR) is 95.2 cm³/mol. The zero-order valence-corrected chi connectivity index (χ0v) is 15.1. The fourth-order valence-electron chi connectivity index (χ4n) is 3.50. The quantitative estimate of drug-likeness (QED) is 0.795. The van der Waals surface area contributed by atoms with Crippen LogP contribution in [0, 0.1) is 0 Å². The van der Waals surface area contributed by atoms with Gasteiger partial charge in [-0.05, 0) is 25.8 Å². The number of carboxylic acids is 1. The molecular formula is C18H22N2O4S. The minimum atomic E-state index is -0.918. The summed E-state index contributed by atoms with van der Waals surface area (Å²) in [4.78, 5) is 37.8. The molecule has 2 aliphatic rings. The number of hydrogen-bond acceptors (Lipinski definition) is 5. The van der Waals surface area contributed by atoms with E-state index in [9.17, 15) is 19.5 Å². The number of likely N-dealkylation sites (tertiary alicyclic amines) is 1. The second-order valence-electron chi connectivity index (χ2n) is 6.99. The third-order valence-corrected chi connectivity index (χ3v) is 6.22. The third-order valence-electron chi connectivity index (χ3n) is 4.80. The summed E-state index contributed by atoms with van der Waals surface area (Å²) in [6.45, 7) is 3.91. The molecule has 1 aromatic rings. The predicted octanol–water partition coefficient (Wildman–Crippen LogP) is 1.81. The van der Waals surface area contributed by atoms with E-state index in [1.165, 1.54) is 16.7 Å². The van der Waals surface area contributed by atoms with Gasteiger partial charge in [-0.1, -0.05) is 30.3 Å². The maximum absolute atomic E-state index is 12.9. The van der Waals surface area contributed by atoms with Crippen LogP contribution < -0.4 is 5.32 Å². The number of carbonyl (C=O) groups excluding carboxylic acids is 2. The number of carboxylic acid groups (broad SMARTS) is 1. The lowest BCUT2D eigenvalue weighted by Gasteiger charge is -2.32. The summed E-state index contributed by atoms with van der Waals surface area (Å²) >= 11 is 1.46. The van der Waals surface area contributed by atoms with E-state index in [0.717, 1.165) is 5.56 Å². The van der Waals surface area contributed by atoms with Crippen LogP contribution >= 0.6 is 11.8 Å². The number of piperidine rings is 1. The van der Waals surface area contributed by atoms with Crippen molar-refractivity contribution in [1.29, 1.82) is 0 Å². The second-order valence-corrected chi connectivity index (χ2v) is 8.85. The number of thioether (sulfide) groups is 1.